The zero-order valence-electron chi connectivity index (χ0n) is 28.3. The van der Waals surface area contributed by atoms with Crippen LogP contribution in [0.5, 0.6) is 5.75 Å². The highest BCUT2D eigenvalue weighted by Crippen LogP contribution is 2.60. The van der Waals surface area contributed by atoms with E-state index in [0.29, 0.717) is 23.5 Å². The van der Waals surface area contributed by atoms with Crippen LogP contribution in [0.4, 0.5) is 11.4 Å². The lowest BCUT2D eigenvalue weighted by molar-refractivity contribution is -0.154. The minimum absolute atomic E-state index is 0.0722. The number of β-lactam (4-membered cyclic amide) rings is 1. The fraction of sp³-hybridized carbons (Fsp3) is 0.500. The molecule has 0 aromatic heterocycles. The van der Waals surface area contributed by atoms with E-state index in [-0.39, 0.29) is 61.2 Å². The molecule has 6 rings (SSSR count). The Hall–Kier alpha value is -4.00. The van der Waals surface area contributed by atoms with E-state index in [4.69, 9.17) is 14.2 Å². The van der Waals surface area contributed by atoms with Gasteiger partial charge in [-0.3, -0.25) is 24.1 Å². The number of carbonyl (C=O) groups excluding carboxylic acids is 4. The van der Waals surface area contributed by atoms with Crippen molar-refractivity contribution in [1.82, 2.24) is 4.90 Å². The topological polar surface area (TPSA) is 126 Å². The van der Waals surface area contributed by atoms with Gasteiger partial charge in [0.05, 0.1) is 52.5 Å². The SMILES string of the molecule is C=CCN1C(=O)[C@]2(O[C@H](CC(=O)N3CCC[C@H]3CO)[C@@H]([Si](C)(C)c3ccc(OC)cc3)[C@@H]2C)c2cc(N3C(=O)CC3OC(C)=O)ccc21. The van der Waals surface area contributed by atoms with Gasteiger partial charge in [-0.05, 0) is 48.7 Å². The zero-order chi connectivity index (χ0) is 34.5. The standard InChI is InChI=1S/C36H45N3O8Si/c1-7-16-38-29-15-10-24(39-32(43)20-33(39)46-23(3)41)18-28(29)36(35(38)44)22(2)34(48(5,6)27-13-11-26(45-4)12-14-27)30(47-36)19-31(42)37-17-8-9-25(37)21-40/h7,10-15,18,22,25,30,33-34,40H,1,8-9,16-17,19-21H2,2-6H3/t22-,25-,30+,33?,34-,36+/m0/s1. The van der Waals surface area contributed by atoms with Crippen molar-refractivity contribution in [2.45, 2.75) is 82.1 Å². The van der Waals surface area contributed by atoms with Crippen LogP contribution in [0.15, 0.2) is 55.1 Å². The predicted octanol–water partition coefficient (Wildman–Crippen LogP) is 3.44. The first-order valence-corrected chi connectivity index (χ1v) is 19.8. The summed E-state index contributed by atoms with van der Waals surface area (Å²) in [6, 6.07) is 13.2. The number of aliphatic hydroxyl groups is 1. The summed E-state index contributed by atoms with van der Waals surface area (Å²) in [6.45, 7) is 12.5. The first-order chi connectivity index (χ1) is 22.9. The van der Waals surface area contributed by atoms with Gasteiger partial charge in [-0.15, -0.1) is 6.58 Å². The monoisotopic (exact) mass is 675 g/mol. The number of rotatable bonds is 10. The van der Waals surface area contributed by atoms with E-state index in [1.54, 1.807) is 29.1 Å². The normalized spacial score (nSPS) is 28.1. The number of benzene rings is 2. The molecule has 3 amide bonds. The first-order valence-electron chi connectivity index (χ1n) is 16.7. The van der Waals surface area contributed by atoms with E-state index in [0.717, 1.165) is 23.8 Å². The van der Waals surface area contributed by atoms with Gasteiger partial charge in [0.2, 0.25) is 11.8 Å². The lowest BCUT2D eigenvalue weighted by atomic mass is 9.82. The highest BCUT2D eigenvalue weighted by Gasteiger charge is 2.66. The fourth-order valence-electron chi connectivity index (χ4n) is 8.59. The van der Waals surface area contributed by atoms with E-state index < -0.39 is 32.0 Å². The Labute approximate surface area is 282 Å². The van der Waals surface area contributed by atoms with Crippen LogP contribution in [-0.2, 0) is 34.3 Å². The molecule has 1 N–H and O–H groups in total. The van der Waals surface area contributed by atoms with Gasteiger partial charge in [-0.25, -0.2) is 0 Å². The molecule has 6 atom stereocenters. The summed E-state index contributed by atoms with van der Waals surface area (Å²) in [6.07, 6.45) is 2.07. The number of hydrogen-bond donors (Lipinski definition) is 1. The van der Waals surface area contributed by atoms with Crippen molar-refractivity contribution in [3.05, 3.63) is 60.7 Å². The number of aliphatic hydroxyl groups excluding tert-OH is 1. The predicted molar refractivity (Wildman–Crippen MR) is 183 cm³/mol. The number of anilines is 2. The number of methoxy groups -OCH3 is 1. The third kappa shape index (κ3) is 5.34. The number of hydrogen-bond acceptors (Lipinski definition) is 8. The molecule has 12 heteroatoms. The van der Waals surface area contributed by atoms with Crippen LogP contribution < -0.4 is 19.7 Å². The van der Waals surface area contributed by atoms with Gasteiger partial charge in [0, 0.05) is 37.2 Å². The highest BCUT2D eigenvalue weighted by atomic mass is 28.3. The van der Waals surface area contributed by atoms with E-state index in [1.165, 1.54) is 11.8 Å². The molecule has 2 aromatic rings. The number of ether oxygens (including phenoxy) is 3. The summed E-state index contributed by atoms with van der Waals surface area (Å²) in [4.78, 5) is 58.2. The number of fused-ring (bicyclic) bond motifs is 2. The Morgan fingerprint density at radius 1 is 1.17 bits per heavy atom. The van der Waals surface area contributed by atoms with Crippen molar-refractivity contribution in [3.8, 4) is 5.75 Å². The van der Waals surface area contributed by atoms with Gasteiger partial charge in [-0.2, -0.15) is 0 Å². The zero-order valence-corrected chi connectivity index (χ0v) is 29.3. The summed E-state index contributed by atoms with van der Waals surface area (Å²) in [7, 11) is -0.882. The lowest BCUT2D eigenvalue weighted by Crippen LogP contribution is -2.55. The summed E-state index contributed by atoms with van der Waals surface area (Å²) >= 11 is 0. The summed E-state index contributed by atoms with van der Waals surface area (Å²) in [5.74, 6) is -0.629. The van der Waals surface area contributed by atoms with Crippen LogP contribution in [-0.4, -0.2) is 87.0 Å². The quantitative estimate of drug-likeness (QED) is 0.176. The Bertz CT molecular complexity index is 1630. The Balaban J connectivity index is 1.46. The number of carbonyl (C=O) groups is 4. The highest BCUT2D eigenvalue weighted by molar-refractivity contribution is 6.91. The maximum atomic E-state index is 14.8. The lowest BCUT2D eigenvalue weighted by Gasteiger charge is -2.39. The third-order valence-corrected chi connectivity index (χ3v) is 15.3. The minimum Gasteiger partial charge on any atom is -0.497 e. The van der Waals surface area contributed by atoms with Gasteiger partial charge < -0.3 is 29.1 Å². The minimum atomic E-state index is -2.51. The van der Waals surface area contributed by atoms with Gasteiger partial charge in [0.15, 0.2) is 11.8 Å². The molecule has 3 fully saturated rings. The van der Waals surface area contributed by atoms with E-state index in [2.05, 4.69) is 31.8 Å². The second kappa shape index (κ2) is 12.8. The van der Waals surface area contributed by atoms with Crippen LogP contribution in [0.3, 0.4) is 0 Å². The first kappa shape index (κ1) is 33.9. The molecule has 256 valence electrons. The third-order valence-electron chi connectivity index (χ3n) is 10.9. The van der Waals surface area contributed by atoms with Crippen molar-refractivity contribution in [2.75, 3.05) is 36.6 Å². The molecule has 2 aromatic carbocycles. The second-order valence-corrected chi connectivity index (χ2v) is 18.6. The van der Waals surface area contributed by atoms with Crippen molar-refractivity contribution >= 4 is 48.3 Å². The van der Waals surface area contributed by atoms with Gasteiger partial charge >= 0.3 is 5.97 Å². The fourth-order valence-corrected chi connectivity index (χ4v) is 12.6. The number of esters is 1. The van der Waals surface area contributed by atoms with Crippen molar-refractivity contribution in [2.24, 2.45) is 5.92 Å². The van der Waals surface area contributed by atoms with E-state index >= 15 is 0 Å². The van der Waals surface area contributed by atoms with Crippen molar-refractivity contribution < 1.29 is 38.5 Å². The Morgan fingerprint density at radius 3 is 2.52 bits per heavy atom. The molecule has 4 heterocycles. The Morgan fingerprint density at radius 2 is 1.90 bits per heavy atom. The van der Waals surface area contributed by atoms with Crippen LogP contribution >= 0.6 is 0 Å². The molecule has 0 saturated carbocycles. The van der Waals surface area contributed by atoms with Gasteiger partial charge in [0.25, 0.3) is 5.91 Å². The average Bonchev–Trinajstić information content (AvgIpc) is 3.71. The van der Waals surface area contributed by atoms with Gasteiger partial charge in [0.1, 0.15) is 5.75 Å². The molecular weight excluding hydrogens is 630 g/mol. The number of amides is 3. The van der Waals surface area contributed by atoms with Crippen LogP contribution in [0.2, 0.25) is 18.6 Å². The van der Waals surface area contributed by atoms with Gasteiger partial charge in [-0.1, -0.05) is 43.4 Å². The summed E-state index contributed by atoms with van der Waals surface area (Å²) < 4.78 is 17.9. The number of nitrogens with zero attached hydrogens (tertiary/aromatic N) is 3. The maximum Gasteiger partial charge on any atom is 0.304 e. The van der Waals surface area contributed by atoms with Crippen LogP contribution in [0, 0.1) is 5.92 Å². The molecule has 3 saturated heterocycles. The van der Waals surface area contributed by atoms with Crippen LogP contribution in [0.25, 0.3) is 0 Å². The second-order valence-electron chi connectivity index (χ2n) is 13.9. The maximum absolute atomic E-state index is 14.8. The Kier molecular flexibility index (Phi) is 9.03. The average molecular weight is 676 g/mol. The number of likely N-dealkylation sites (tertiary alicyclic amines) is 1. The molecular formula is C36H45N3O8Si. The summed E-state index contributed by atoms with van der Waals surface area (Å²) in [5.41, 5.74) is 0.169. The molecule has 1 unspecified atom stereocenters. The van der Waals surface area contributed by atoms with Crippen LogP contribution in [0.1, 0.15) is 45.1 Å². The summed E-state index contributed by atoms with van der Waals surface area (Å²) in [5, 5.41) is 11.1. The molecule has 1 spiro atoms. The van der Waals surface area contributed by atoms with E-state index in [1.807, 2.05) is 31.2 Å². The molecule has 4 aliphatic heterocycles. The molecule has 0 radical (unpaired) electrons. The molecule has 11 nitrogen and oxygen atoms in total. The molecule has 48 heavy (non-hydrogen) atoms. The molecule has 0 aliphatic carbocycles. The van der Waals surface area contributed by atoms with E-state index in [9.17, 15) is 24.3 Å². The smallest absolute Gasteiger partial charge is 0.304 e. The largest absolute Gasteiger partial charge is 0.497 e. The molecule has 4 aliphatic rings. The van der Waals surface area contributed by atoms with Crippen molar-refractivity contribution in [3.63, 3.8) is 0 Å². The molecule has 0 bridgehead atoms. The van der Waals surface area contributed by atoms with Crippen molar-refractivity contribution in [1.29, 1.82) is 0 Å².